The number of hydrogen-bond donors (Lipinski definition) is 3. The molecule has 5 heteroatoms. The van der Waals surface area contributed by atoms with Gasteiger partial charge in [-0.1, -0.05) is 30.3 Å². The third kappa shape index (κ3) is 3.82. The number of aliphatic hydroxyl groups is 1. The van der Waals surface area contributed by atoms with Crippen LogP contribution in [0.3, 0.4) is 0 Å². The molecule has 0 bridgehead atoms. The summed E-state index contributed by atoms with van der Waals surface area (Å²) in [5, 5.41) is 15.7. The Hall–Kier alpha value is -1.85. The van der Waals surface area contributed by atoms with Gasteiger partial charge in [-0.25, -0.2) is 4.79 Å². The molecule has 0 aliphatic heterocycles. The van der Waals surface area contributed by atoms with Crippen molar-refractivity contribution in [3.63, 3.8) is 0 Å². The Morgan fingerprint density at radius 3 is 2.65 bits per heavy atom. The fraction of sp³-hybridized carbons (Fsp3) is 0.267. The second-order valence-electron chi connectivity index (χ2n) is 4.33. The number of aliphatic hydroxyl groups excluding tert-OH is 1. The molecule has 0 radical (unpaired) electrons. The highest BCUT2D eigenvalue weighted by atomic mass is 32.1. The molecule has 1 heterocycles. The molecule has 1 unspecified atom stereocenters. The number of rotatable bonds is 5. The number of amides is 2. The number of thiophene rings is 1. The highest BCUT2D eigenvalue weighted by Gasteiger charge is 2.12. The van der Waals surface area contributed by atoms with E-state index in [1.165, 1.54) is 11.3 Å². The lowest BCUT2D eigenvalue weighted by atomic mass is 10.1. The molecule has 1 aromatic heterocycles. The van der Waals surface area contributed by atoms with Gasteiger partial charge in [0.15, 0.2) is 0 Å². The van der Waals surface area contributed by atoms with Crippen molar-refractivity contribution in [1.82, 2.24) is 10.6 Å². The van der Waals surface area contributed by atoms with E-state index in [9.17, 15) is 9.90 Å². The van der Waals surface area contributed by atoms with Crippen LogP contribution in [0.5, 0.6) is 0 Å². The van der Waals surface area contributed by atoms with E-state index in [-0.39, 0.29) is 6.03 Å². The van der Waals surface area contributed by atoms with Crippen LogP contribution in [0, 0.1) is 0 Å². The predicted octanol–water partition coefficient (Wildman–Crippen LogP) is 2.65. The first-order valence-electron chi connectivity index (χ1n) is 6.54. The van der Waals surface area contributed by atoms with Gasteiger partial charge >= 0.3 is 6.03 Å². The first kappa shape index (κ1) is 14.6. The monoisotopic (exact) mass is 290 g/mol. The number of benzene rings is 1. The Kier molecular flexibility index (Phi) is 5.15. The van der Waals surface area contributed by atoms with Crippen molar-refractivity contribution in [2.75, 3.05) is 6.54 Å². The highest BCUT2D eigenvalue weighted by molar-refractivity contribution is 7.12. The van der Waals surface area contributed by atoms with Crippen molar-refractivity contribution < 1.29 is 9.90 Å². The van der Waals surface area contributed by atoms with E-state index in [1.54, 1.807) is 0 Å². The number of hydrogen-bond acceptors (Lipinski definition) is 3. The van der Waals surface area contributed by atoms with Crippen LogP contribution in [-0.2, 0) is 6.54 Å². The maximum Gasteiger partial charge on any atom is 0.315 e. The van der Waals surface area contributed by atoms with Crippen LogP contribution in [0.15, 0.2) is 42.5 Å². The Morgan fingerprint density at radius 2 is 1.95 bits per heavy atom. The molecule has 0 saturated carbocycles. The fourth-order valence-corrected chi connectivity index (χ4v) is 2.79. The summed E-state index contributed by atoms with van der Waals surface area (Å²) in [4.78, 5) is 13.2. The van der Waals surface area contributed by atoms with Crippen molar-refractivity contribution >= 4 is 17.4 Å². The molecule has 0 saturated heterocycles. The Balaban J connectivity index is 1.97. The average Bonchev–Trinajstić information content (AvgIpc) is 2.94. The van der Waals surface area contributed by atoms with Crippen molar-refractivity contribution in [2.24, 2.45) is 0 Å². The predicted molar refractivity (Wildman–Crippen MR) is 80.7 cm³/mol. The number of carbonyl (C=O) groups excluding carboxylic acids is 1. The van der Waals surface area contributed by atoms with E-state index in [2.05, 4.69) is 10.6 Å². The standard InChI is InChI=1S/C15H18N2O2S/c1-2-16-15(19)17-10-12-8-9-13(20-12)14(18)11-6-4-3-5-7-11/h3-9,14,18H,2,10H2,1H3,(H2,16,17,19). The summed E-state index contributed by atoms with van der Waals surface area (Å²) >= 11 is 1.50. The van der Waals surface area contributed by atoms with Crippen LogP contribution in [0.4, 0.5) is 4.79 Å². The van der Waals surface area contributed by atoms with Gasteiger partial charge in [0.1, 0.15) is 6.10 Å². The first-order valence-corrected chi connectivity index (χ1v) is 7.35. The van der Waals surface area contributed by atoms with E-state index in [4.69, 9.17) is 0 Å². The normalized spacial score (nSPS) is 11.9. The SMILES string of the molecule is CCNC(=O)NCc1ccc(C(O)c2ccccc2)s1. The first-order chi connectivity index (χ1) is 9.70. The van der Waals surface area contributed by atoms with Gasteiger partial charge in [0.05, 0.1) is 6.54 Å². The van der Waals surface area contributed by atoms with Crippen LogP contribution in [0.1, 0.15) is 28.3 Å². The molecule has 20 heavy (non-hydrogen) atoms. The molecule has 0 aliphatic carbocycles. The molecule has 0 spiro atoms. The van der Waals surface area contributed by atoms with E-state index < -0.39 is 6.10 Å². The summed E-state index contributed by atoms with van der Waals surface area (Å²) in [6.45, 7) is 2.95. The van der Waals surface area contributed by atoms with Gasteiger partial charge in [0, 0.05) is 16.3 Å². The van der Waals surface area contributed by atoms with Crippen LogP contribution in [0.25, 0.3) is 0 Å². The summed E-state index contributed by atoms with van der Waals surface area (Å²) < 4.78 is 0. The molecule has 3 N–H and O–H groups in total. The Bertz CT molecular complexity index is 554. The van der Waals surface area contributed by atoms with Crippen molar-refractivity contribution in [1.29, 1.82) is 0 Å². The molecule has 1 aromatic carbocycles. The fourth-order valence-electron chi connectivity index (χ4n) is 1.83. The zero-order chi connectivity index (χ0) is 14.4. The summed E-state index contributed by atoms with van der Waals surface area (Å²) in [7, 11) is 0. The molecule has 2 aromatic rings. The third-order valence-corrected chi connectivity index (χ3v) is 3.97. The molecular formula is C15H18N2O2S. The molecular weight excluding hydrogens is 272 g/mol. The van der Waals surface area contributed by atoms with E-state index in [0.717, 1.165) is 15.3 Å². The number of nitrogens with one attached hydrogen (secondary N) is 2. The molecule has 2 rings (SSSR count). The topological polar surface area (TPSA) is 61.4 Å². The highest BCUT2D eigenvalue weighted by Crippen LogP contribution is 2.28. The summed E-state index contributed by atoms with van der Waals surface area (Å²) in [6, 6.07) is 13.2. The van der Waals surface area contributed by atoms with E-state index >= 15 is 0 Å². The third-order valence-electron chi connectivity index (χ3n) is 2.83. The molecule has 0 aliphatic rings. The molecule has 2 amide bonds. The smallest absolute Gasteiger partial charge is 0.315 e. The summed E-state index contributed by atoms with van der Waals surface area (Å²) in [6.07, 6.45) is -0.612. The number of carbonyl (C=O) groups is 1. The van der Waals surface area contributed by atoms with Gasteiger partial charge in [-0.3, -0.25) is 0 Å². The Labute approximate surface area is 122 Å². The lowest BCUT2D eigenvalue weighted by Gasteiger charge is -2.08. The lowest BCUT2D eigenvalue weighted by Crippen LogP contribution is -2.34. The summed E-state index contributed by atoms with van der Waals surface area (Å²) in [5.74, 6) is 0. The van der Waals surface area contributed by atoms with E-state index in [0.29, 0.717) is 13.1 Å². The second kappa shape index (κ2) is 7.07. The van der Waals surface area contributed by atoms with Gasteiger partial charge in [-0.2, -0.15) is 0 Å². The largest absolute Gasteiger partial charge is 0.383 e. The zero-order valence-electron chi connectivity index (χ0n) is 11.3. The quantitative estimate of drug-likeness (QED) is 0.793. The molecule has 4 nitrogen and oxygen atoms in total. The Morgan fingerprint density at radius 1 is 1.20 bits per heavy atom. The average molecular weight is 290 g/mol. The van der Waals surface area contributed by atoms with Crippen LogP contribution in [-0.4, -0.2) is 17.7 Å². The molecule has 0 fully saturated rings. The minimum absolute atomic E-state index is 0.175. The summed E-state index contributed by atoms with van der Waals surface area (Å²) in [5.41, 5.74) is 0.873. The van der Waals surface area contributed by atoms with Crippen molar-refractivity contribution in [3.05, 3.63) is 57.8 Å². The van der Waals surface area contributed by atoms with Gasteiger partial charge in [0.2, 0.25) is 0 Å². The minimum Gasteiger partial charge on any atom is -0.383 e. The van der Waals surface area contributed by atoms with Crippen molar-refractivity contribution in [3.8, 4) is 0 Å². The lowest BCUT2D eigenvalue weighted by molar-refractivity contribution is 0.224. The maximum atomic E-state index is 11.3. The maximum absolute atomic E-state index is 11.3. The zero-order valence-corrected chi connectivity index (χ0v) is 12.1. The van der Waals surface area contributed by atoms with E-state index in [1.807, 2.05) is 49.4 Å². The van der Waals surface area contributed by atoms with Gasteiger partial charge < -0.3 is 15.7 Å². The second-order valence-corrected chi connectivity index (χ2v) is 5.53. The van der Waals surface area contributed by atoms with Crippen LogP contribution < -0.4 is 10.6 Å². The molecule has 106 valence electrons. The molecule has 1 atom stereocenters. The number of urea groups is 1. The van der Waals surface area contributed by atoms with Crippen LogP contribution >= 0.6 is 11.3 Å². The van der Waals surface area contributed by atoms with Crippen molar-refractivity contribution in [2.45, 2.75) is 19.6 Å². The van der Waals surface area contributed by atoms with Gasteiger partial charge in [-0.05, 0) is 24.6 Å². The van der Waals surface area contributed by atoms with Crippen LogP contribution in [0.2, 0.25) is 0 Å². The van der Waals surface area contributed by atoms with Gasteiger partial charge in [-0.15, -0.1) is 11.3 Å². The van der Waals surface area contributed by atoms with Gasteiger partial charge in [0.25, 0.3) is 0 Å². The minimum atomic E-state index is -0.612.